The lowest BCUT2D eigenvalue weighted by Crippen LogP contribution is -1.90. The molecule has 0 aliphatic carbocycles. The van der Waals surface area contributed by atoms with Crippen molar-refractivity contribution in [2.24, 2.45) is 0 Å². The molecule has 1 rings (SSSR count). The summed E-state index contributed by atoms with van der Waals surface area (Å²) in [6.45, 7) is 6.02. The van der Waals surface area contributed by atoms with E-state index in [4.69, 9.17) is 0 Å². The van der Waals surface area contributed by atoms with E-state index in [-0.39, 0.29) is 0 Å². The van der Waals surface area contributed by atoms with Crippen LogP contribution in [0.3, 0.4) is 0 Å². The molecule has 1 aromatic heterocycles. The summed E-state index contributed by atoms with van der Waals surface area (Å²) >= 11 is 0. The number of aryl methyl sites for hydroxylation is 1. The van der Waals surface area contributed by atoms with Crippen LogP contribution in [0.1, 0.15) is 19.4 Å². The minimum atomic E-state index is 0.500. The summed E-state index contributed by atoms with van der Waals surface area (Å²) in [5, 5.41) is 2.94. The molecule has 0 aliphatic rings. The summed E-state index contributed by atoms with van der Waals surface area (Å²) < 4.78 is 9.50. The highest BCUT2D eigenvalue weighted by Crippen LogP contribution is 2.01. The van der Waals surface area contributed by atoms with Gasteiger partial charge in [0.2, 0.25) is 0 Å². The number of alkyl halides is 1. The molecule has 0 saturated carbocycles. The number of aromatic nitrogens is 1. The van der Waals surface area contributed by atoms with Crippen molar-refractivity contribution in [1.29, 1.82) is 0 Å². The van der Waals surface area contributed by atoms with Crippen LogP contribution in [-0.2, 0) is 0 Å². The van der Waals surface area contributed by atoms with Gasteiger partial charge in [-0.15, -0.1) is 0 Å². The molecule has 0 spiro atoms. The summed E-state index contributed by atoms with van der Waals surface area (Å²) in [5.41, 5.74) is 1.19. The second kappa shape index (κ2) is 10.9. The first-order chi connectivity index (χ1) is 6.33. The zero-order valence-electron chi connectivity index (χ0n) is 9.06. The number of rotatable bonds is 1. The van der Waals surface area contributed by atoms with E-state index in [1.807, 2.05) is 46.1 Å². The number of pyridine rings is 1. The van der Waals surface area contributed by atoms with Crippen molar-refractivity contribution in [3.8, 4) is 0 Å². The van der Waals surface area contributed by atoms with Gasteiger partial charge in [-0.05, 0) is 18.6 Å². The van der Waals surface area contributed by atoms with E-state index in [1.54, 1.807) is 0 Å². The second-order valence-corrected chi connectivity index (χ2v) is 1.97. The lowest BCUT2D eigenvalue weighted by Gasteiger charge is -1.96. The topological polar surface area (TPSA) is 24.9 Å². The molecule has 0 aliphatic heterocycles. The molecular formula is C10H19FN2. The Morgan fingerprint density at radius 1 is 1.23 bits per heavy atom. The molecule has 2 nitrogen and oxygen atoms in total. The van der Waals surface area contributed by atoms with E-state index >= 15 is 0 Å². The fourth-order valence-electron chi connectivity index (χ4n) is 0.616. The number of hydrogen-bond donors (Lipinski definition) is 1. The first-order valence-electron chi connectivity index (χ1n) is 4.31. The summed E-state index contributed by atoms with van der Waals surface area (Å²) in [7, 11) is 2.36. The number of anilines is 1. The maximum Gasteiger partial charge on any atom is 0.125 e. The normalized spacial score (nSPS) is 7.23. The lowest BCUT2D eigenvalue weighted by molar-refractivity contribution is 0.636. The first kappa shape index (κ1) is 14.4. The van der Waals surface area contributed by atoms with Gasteiger partial charge in [0.05, 0.1) is 7.18 Å². The Morgan fingerprint density at radius 2 is 1.77 bits per heavy atom. The van der Waals surface area contributed by atoms with Crippen molar-refractivity contribution in [2.75, 3.05) is 19.5 Å². The van der Waals surface area contributed by atoms with E-state index in [0.717, 1.165) is 5.82 Å². The number of halogens is 1. The molecule has 1 heterocycles. The van der Waals surface area contributed by atoms with Crippen molar-refractivity contribution in [1.82, 2.24) is 4.98 Å². The predicted octanol–water partition coefficient (Wildman–Crippen LogP) is 3.04. The third kappa shape index (κ3) is 7.25. The van der Waals surface area contributed by atoms with Crippen molar-refractivity contribution in [3.63, 3.8) is 0 Å². The van der Waals surface area contributed by atoms with Gasteiger partial charge in [0, 0.05) is 13.2 Å². The SMILES string of the molecule is CC.CF.CNc1ccc(C)cn1. The van der Waals surface area contributed by atoms with Gasteiger partial charge in [0.15, 0.2) is 0 Å². The zero-order chi connectivity index (χ0) is 10.7. The molecule has 0 aromatic carbocycles. The molecule has 0 radical (unpaired) electrons. The average Bonchev–Trinajstić information content (AvgIpc) is 2.25. The minimum Gasteiger partial charge on any atom is -0.373 e. The van der Waals surface area contributed by atoms with E-state index in [0.29, 0.717) is 7.18 Å². The zero-order valence-corrected chi connectivity index (χ0v) is 9.06. The van der Waals surface area contributed by atoms with Gasteiger partial charge in [-0.25, -0.2) is 4.98 Å². The fraction of sp³-hybridized carbons (Fsp3) is 0.500. The van der Waals surface area contributed by atoms with Crippen LogP contribution in [0.4, 0.5) is 10.2 Å². The maximum atomic E-state index is 9.50. The molecule has 0 bridgehead atoms. The number of nitrogens with zero attached hydrogens (tertiary/aromatic N) is 1. The van der Waals surface area contributed by atoms with Crippen LogP contribution in [0, 0.1) is 6.92 Å². The molecule has 76 valence electrons. The molecule has 13 heavy (non-hydrogen) atoms. The smallest absolute Gasteiger partial charge is 0.125 e. The molecule has 1 N–H and O–H groups in total. The first-order valence-corrected chi connectivity index (χ1v) is 4.31. The second-order valence-electron chi connectivity index (χ2n) is 1.97. The standard InChI is InChI=1S/C7H10N2.C2H6.CH3F/c1-6-3-4-7(8-2)9-5-6;2*1-2/h3-5H,1-2H3,(H,8,9);1-2H3;1H3. The van der Waals surface area contributed by atoms with E-state index in [2.05, 4.69) is 10.3 Å². The van der Waals surface area contributed by atoms with Gasteiger partial charge in [-0.2, -0.15) is 0 Å². The van der Waals surface area contributed by atoms with E-state index in [9.17, 15) is 4.39 Å². The average molecular weight is 186 g/mol. The summed E-state index contributed by atoms with van der Waals surface area (Å²) in [4.78, 5) is 4.09. The summed E-state index contributed by atoms with van der Waals surface area (Å²) in [5.74, 6) is 0.917. The predicted molar refractivity (Wildman–Crippen MR) is 56.9 cm³/mol. The minimum absolute atomic E-state index is 0.500. The molecule has 0 saturated heterocycles. The highest BCUT2D eigenvalue weighted by Gasteiger charge is 1.85. The number of hydrogen-bond acceptors (Lipinski definition) is 2. The van der Waals surface area contributed by atoms with E-state index in [1.165, 1.54) is 5.56 Å². The van der Waals surface area contributed by atoms with Crippen molar-refractivity contribution in [3.05, 3.63) is 23.9 Å². The largest absolute Gasteiger partial charge is 0.373 e. The van der Waals surface area contributed by atoms with Crippen molar-refractivity contribution >= 4 is 5.82 Å². The van der Waals surface area contributed by atoms with Gasteiger partial charge < -0.3 is 5.32 Å². The molecule has 0 unspecified atom stereocenters. The van der Waals surface area contributed by atoms with Crippen LogP contribution in [0.5, 0.6) is 0 Å². The van der Waals surface area contributed by atoms with Crippen LogP contribution in [0.2, 0.25) is 0 Å². The molecule has 0 atom stereocenters. The highest BCUT2D eigenvalue weighted by atomic mass is 19.1. The van der Waals surface area contributed by atoms with Crippen LogP contribution in [0.15, 0.2) is 18.3 Å². The van der Waals surface area contributed by atoms with E-state index < -0.39 is 0 Å². The van der Waals surface area contributed by atoms with Crippen LogP contribution >= 0.6 is 0 Å². The maximum absolute atomic E-state index is 9.50. The van der Waals surface area contributed by atoms with Crippen molar-refractivity contribution < 1.29 is 4.39 Å². The molecule has 3 heteroatoms. The van der Waals surface area contributed by atoms with Crippen LogP contribution in [-0.4, -0.2) is 19.2 Å². The summed E-state index contributed by atoms with van der Waals surface area (Å²) in [6.07, 6.45) is 1.84. The molecule has 1 aromatic rings. The Morgan fingerprint density at radius 3 is 2.08 bits per heavy atom. The quantitative estimate of drug-likeness (QED) is 0.729. The van der Waals surface area contributed by atoms with Gasteiger partial charge in [0.25, 0.3) is 0 Å². The monoisotopic (exact) mass is 186 g/mol. The Kier molecular flexibility index (Phi) is 12.1. The Labute approximate surface area is 80.2 Å². The Bertz CT molecular complexity index is 185. The molecule has 0 fully saturated rings. The highest BCUT2D eigenvalue weighted by molar-refractivity contribution is 5.33. The molecule has 0 amide bonds. The third-order valence-electron chi connectivity index (χ3n) is 1.17. The van der Waals surface area contributed by atoms with Gasteiger partial charge in [-0.3, -0.25) is 4.39 Å². The van der Waals surface area contributed by atoms with Gasteiger partial charge >= 0.3 is 0 Å². The Hall–Kier alpha value is -1.12. The fourth-order valence-corrected chi connectivity index (χ4v) is 0.616. The lowest BCUT2D eigenvalue weighted by atomic mass is 10.3. The molecular weight excluding hydrogens is 167 g/mol. The van der Waals surface area contributed by atoms with Gasteiger partial charge in [-0.1, -0.05) is 19.9 Å². The third-order valence-corrected chi connectivity index (χ3v) is 1.17. The summed E-state index contributed by atoms with van der Waals surface area (Å²) in [6, 6.07) is 3.98. The van der Waals surface area contributed by atoms with Crippen molar-refractivity contribution in [2.45, 2.75) is 20.8 Å². The number of nitrogens with one attached hydrogen (secondary N) is 1. The van der Waals surface area contributed by atoms with Gasteiger partial charge in [0.1, 0.15) is 5.82 Å². The van der Waals surface area contributed by atoms with Crippen LogP contribution < -0.4 is 5.32 Å². The Balaban J connectivity index is 0. The van der Waals surface area contributed by atoms with Crippen LogP contribution in [0.25, 0.3) is 0 Å².